The Balaban J connectivity index is 2.67. The quantitative estimate of drug-likeness (QED) is 0.636. The van der Waals surface area contributed by atoms with Gasteiger partial charge in [0.2, 0.25) is 0 Å². The van der Waals surface area contributed by atoms with Gasteiger partial charge in [-0.2, -0.15) is 0 Å². The first-order valence-corrected chi connectivity index (χ1v) is 3.68. The molecule has 0 aliphatic carbocycles. The van der Waals surface area contributed by atoms with Crippen LogP contribution in [0, 0.1) is 6.92 Å². The Morgan fingerprint density at radius 2 is 2.50 bits per heavy atom. The maximum atomic E-state index is 10.3. The highest BCUT2D eigenvalue weighted by molar-refractivity contribution is 7.14. The number of carbonyl (C=O) groups excluding carboxylic acids is 1. The van der Waals surface area contributed by atoms with Gasteiger partial charge < -0.3 is 5.73 Å². The number of urea groups is 1. The number of nitrogens with one attached hydrogen (secondary N) is 1. The van der Waals surface area contributed by atoms with E-state index in [-0.39, 0.29) is 0 Å². The smallest absolute Gasteiger partial charge is 0.317 e. The molecule has 3 nitrogen and oxygen atoms in total. The maximum absolute atomic E-state index is 10.3. The molecule has 0 aromatic carbocycles. The van der Waals surface area contributed by atoms with E-state index in [0.717, 1.165) is 10.6 Å². The Hall–Kier alpha value is -1.03. The summed E-state index contributed by atoms with van der Waals surface area (Å²) in [4.78, 5) is 10.3. The Bertz CT molecular complexity index is 244. The SMILES string of the molecule is Cc1csc(NC(N)=O)c1. The first-order valence-electron chi connectivity index (χ1n) is 2.80. The molecule has 0 spiro atoms. The van der Waals surface area contributed by atoms with Crippen molar-refractivity contribution in [2.75, 3.05) is 5.32 Å². The van der Waals surface area contributed by atoms with Crippen LogP contribution >= 0.6 is 11.3 Å². The predicted octanol–water partition coefficient (Wildman–Crippen LogP) is 1.55. The zero-order valence-electron chi connectivity index (χ0n) is 5.55. The average Bonchev–Trinajstić information content (AvgIpc) is 2.13. The largest absolute Gasteiger partial charge is 0.351 e. The summed E-state index contributed by atoms with van der Waals surface area (Å²) in [6.45, 7) is 1.96. The molecule has 3 N–H and O–H groups in total. The third-order valence-electron chi connectivity index (χ3n) is 0.977. The molecule has 0 saturated heterocycles. The van der Waals surface area contributed by atoms with Gasteiger partial charge in [-0.15, -0.1) is 11.3 Å². The highest BCUT2D eigenvalue weighted by atomic mass is 32.1. The average molecular weight is 156 g/mol. The van der Waals surface area contributed by atoms with Crippen LogP contribution in [-0.2, 0) is 0 Å². The second-order valence-corrected chi connectivity index (χ2v) is 2.89. The molecule has 0 fully saturated rings. The molecular formula is C6H8N2OS. The number of amides is 2. The van der Waals surface area contributed by atoms with Crippen molar-refractivity contribution in [2.45, 2.75) is 6.92 Å². The summed E-state index contributed by atoms with van der Waals surface area (Å²) >= 11 is 1.47. The third-order valence-corrected chi connectivity index (χ3v) is 1.94. The van der Waals surface area contributed by atoms with Crippen molar-refractivity contribution in [1.82, 2.24) is 0 Å². The molecule has 1 aromatic heterocycles. The van der Waals surface area contributed by atoms with Crippen LogP contribution in [0.4, 0.5) is 9.80 Å². The van der Waals surface area contributed by atoms with E-state index < -0.39 is 6.03 Å². The fourth-order valence-electron chi connectivity index (χ4n) is 0.618. The van der Waals surface area contributed by atoms with Crippen LogP contribution in [0.15, 0.2) is 11.4 Å². The van der Waals surface area contributed by atoms with E-state index in [1.807, 2.05) is 18.4 Å². The van der Waals surface area contributed by atoms with E-state index in [1.165, 1.54) is 11.3 Å². The van der Waals surface area contributed by atoms with Crippen molar-refractivity contribution in [1.29, 1.82) is 0 Å². The molecule has 4 heteroatoms. The highest BCUT2D eigenvalue weighted by Crippen LogP contribution is 2.18. The van der Waals surface area contributed by atoms with Crippen molar-refractivity contribution in [3.8, 4) is 0 Å². The minimum absolute atomic E-state index is 0.512. The number of hydrogen-bond acceptors (Lipinski definition) is 2. The first kappa shape index (κ1) is 7.08. The number of rotatable bonds is 1. The summed E-state index contributed by atoms with van der Waals surface area (Å²) in [6, 6.07) is 1.36. The Kier molecular flexibility index (Phi) is 1.91. The minimum Gasteiger partial charge on any atom is -0.351 e. The highest BCUT2D eigenvalue weighted by Gasteiger charge is 1.96. The summed E-state index contributed by atoms with van der Waals surface area (Å²) in [5.41, 5.74) is 6.02. The first-order chi connectivity index (χ1) is 4.68. The predicted molar refractivity (Wildman–Crippen MR) is 42.3 cm³/mol. The molecule has 10 heavy (non-hydrogen) atoms. The van der Waals surface area contributed by atoms with Crippen molar-refractivity contribution < 1.29 is 4.79 Å². The van der Waals surface area contributed by atoms with Crippen LogP contribution in [0.2, 0.25) is 0 Å². The monoisotopic (exact) mass is 156 g/mol. The number of hydrogen-bond donors (Lipinski definition) is 2. The van der Waals surface area contributed by atoms with Gasteiger partial charge in [-0.05, 0) is 23.9 Å². The van der Waals surface area contributed by atoms with Crippen molar-refractivity contribution >= 4 is 22.4 Å². The summed E-state index contributed by atoms with van der Waals surface area (Å²) in [5, 5.41) is 5.23. The van der Waals surface area contributed by atoms with Crippen LogP contribution in [0.25, 0.3) is 0 Å². The molecule has 1 rings (SSSR count). The lowest BCUT2D eigenvalue weighted by molar-refractivity contribution is 0.259. The van der Waals surface area contributed by atoms with Gasteiger partial charge in [-0.25, -0.2) is 4.79 Å². The van der Waals surface area contributed by atoms with Gasteiger partial charge in [-0.1, -0.05) is 0 Å². The lowest BCUT2D eigenvalue weighted by Crippen LogP contribution is -2.18. The Morgan fingerprint density at radius 1 is 1.80 bits per heavy atom. The molecule has 0 bridgehead atoms. The van der Waals surface area contributed by atoms with Gasteiger partial charge in [-0.3, -0.25) is 5.32 Å². The fourth-order valence-corrected chi connectivity index (χ4v) is 1.41. The summed E-state index contributed by atoms with van der Waals surface area (Å²) < 4.78 is 0. The van der Waals surface area contributed by atoms with Gasteiger partial charge in [0.05, 0.1) is 5.00 Å². The van der Waals surface area contributed by atoms with Gasteiger partial charge in [0.25, 0.3) is 0 Å². The molecular weight excluding hydrogens is 148 g/mol. The van der Waals surface area contributed by atoms with E-state index in [0.29, 0.717) is 0 Å². The van der Waals surface area contributed by atoms with E-state index in [4.69, 9.17) is 5.73 Å². The van der Waals surface area contributed by atoms with Crippen LogP contribution < -0.4 is 11.1 Å². The molecule has 0 atom stereocenters. The summed E-state index contributed by atoms with van der Waals surface area (Å²) in [5.74, 6) is 0. The lowest BCUT2D eigenvalue weighted by atomic mass is 10.4. The molecule has 0 unspecified atom stereocenters. The minimum atomic E-state index is -0.512. The molecule has 0 radical (unpaired) electrons. The fraction of sp³-hybridized carbons (Fsp3) is 0.167. The van der Waals surface area contributed by atoms with Gasteiger partial charge in [0.15, 0.2) is 0 Å². The topological polar surface area (TPSA) is 55.1 Å². The zero-order chi connectivity index (χ0) is 7.56. The normalized spacial score (nSPS) is 9.30. The Morgan fingerprint density at radius 3 is 2.90 bits per heavy atom. The zero-order valence-corrected chi connectivity index (χ0v) is 6.37. The summed E-state index contributed by atoms with van der Waals surface area (Å²) in [6.07, 6.45) is 0. The second kappa shape index (κ2) is 2.70. The Labute approximate surface area is 62.9 Å². The van der Waals surface area contributed by atoms with E-state index in [1.54, 1.807) is 0 Å². The molecule has 0 aliphatic rings. The van der Waals surface area contributed by atoms with Crippen molar-refractivity contribution in [3.05, 3.63) is 17.0 Å². The third kappa shape index (κ3) is 1.73. The molecule has 0 aliphatic heterocycles. The van der Waals surface area contributed by atoms with Crippen LogP contribution in [0.3, 0.4) is 0 Å². The van der Waals surface area contributed by atoms with Crippen LogP contribution in [-0.4, -0.2) is 6.03 Å². The molecule has 2 amide bonds. The van der Waals surface area contributed by atoms with Crippen molar-refractivity contribution in [2.24, 2.45) is 5.73 Å². The number of carbonyl (C=O) groups is 1. The van der Waals surface area contributed by atoms with Crippen LogP contribution in [0.1, 0.15) is 5.56 Å². The number of primary amides is 1. The van der Waals surface area contributed by atoms with Gasteiger partial charge in [0.1, 0.15) is 0 Å². The number of anilines is 1. The van der Waals surface area contributed by atoms with E-state index in [2.05, 4.69) is 5.32 Å². The van der Waals surface area contributed by atoms with Gasteiger partial charge >= 0.3 is 6.03 Å². The number of aryl methyl sites for hydroxylation is 1. The van der Waals surface area contributed by atoms with E-state index in [9.17, 15) is 4.79 Å². The van der Waals surface area contributed by atoms with Crippen LogP contribution in [0.5, 0.6) is 0 Å². The van der Waals surface area contributed by atoms with Gasteiger partial charge in [0, 0.05) is 0 Å². The summed E-state index contributed by atoms with van der Waals surface area (Å²) in [7, 11) is 0. The van der Waals surface area contributed by atoms with Crippen molar-refractivity contribution in [3.63, 3.8) is 0 Å². The maximum Gasteiger partial charge on any atom is 0.317 e. The molecule has 54 valence electrons. The number of thiophene rings is 1. The molecule has 0 saturated carbocycles. The standard InChI is InChI=1S/C6H8N2OS/c1-4-2-5(10-3-4)8-6(7)9/h2-3H,1H3,(H3,7,8,9). The van der Waals surface area contributed by atoms with E-state index >= 15 is 0 Å². The second-order valence-electron chi connectivity index (χ2n) is 1.98. The molecule has 1 aromatic rings. The lowest BCUT2D eigenvalue weighted by Gasteiger charge is -1.92. The molecule has 1 heterocycles. The number of nitrogens with two attached hydrogens (primary N) is 1.